The van der Waals surface area contributed by atoms with Gasteiger partial charge in [-0.2, -0.15) is 4.91 Å². The Morgan fingerprint density at radius 2 is 2.25 bits per heavy atom. The first-order chi connectivity index (χ1) is 5.80. The lowest BCUT2D eigenvalue weighted by Crippen LogP contribution is -2.05. The van der Waals surface area contributed by atoms with Crippen molar-refractivity contribution in [3.05, 3.63) is 43.0 Å². The molecule has 0 saturated carbocycles. The van der Waals surface area contributed by atoms with Gasteiger partial charge in [0.25, 0.3) is 0 Å². The summed E-state index contributed by atoms with van der Waals surface area (Å²) in [5.74, 6) is -0.00306. The van der Waals surface area contributed by atoms with Crippen LogP contribution >= 0.6 is 0 Å². The van der Waals surface area contributed by atoms with E-state index in [-0.39, 0.29) is 17.9 Å². The molecule has 1 aliphatic rings. The number of hydrogen-bond donors (Lipinski definition) is 0. The van der Waals surface area contributed by atoms with Gasteiger partial charge in [-0.15, -0.1) is 4.91 Å². The molecule has 0 amide bonds. The second-order valence-corrected chi connectivity index (χ2v) is 2.25. The van der Waals surface area contributed by atoms with Crippen LogP contribution in [0.4, 0.5) is 0 Å². The normalized spacial score (nSPS) is 22.2. The monoisotopic (exact) mass is 169 g/mol. The van der Waals surface area contributed by atoms with Crippen LogP contribution in [-0.2, 0) is 0 Å². The van der Waals surface area contributed by atoms with Crippen molar-refractivity contribution in [3.63, 3.8) is 0 Å². The van der Waals surface area contributed by atoms with Crippen LogP contribution < -0.4 is 0 Å². The largest absolute Gasteiger partial charge is 0.419 e. The van der Waals surface area contributed by atoms with E-state index in [1.165, 1.54) is 12.2 Å². The van der Waals surface area contributed by atoms with Crippen molar-refractivity contribution < 1.29 is 0 Å². The van der Waals surface area contributed by atoms with Gasteiger partial charge >= 0.3 is 5.76 Å². The van der Waals surface area contributed by atoms with Crippen LogP contribution in [0.2, 0.25) is 0 Å². The molecule has 0 aromatic heterocycles. The zero-order chi connectivity index (χ0) is 8.97. The summed E-state index contributed by atoms with van der Waals surface area (Å²) < 4.78 is 3.63. The average Bonchev–Trinajstić information content (AvgIpc) is 2.16. The minimum absolute atomic E-state index is 0.00306. The van der Waals surface area contributed by atoms with E-state index in [1.54, 1.807) is 0 Å². The highest BCUT2D eigenvalue weighted by molar-refractivity contribution is 5.33. The SMILES string of the molecule is O=NC1=CC(N=O)CC([O+]=O)=C1. The van der Waals surface area contributed by atoms with Gasteiger partial charge in [-0.25, -0.2) is 0 Å². The van der Waals surface area contributed by atoms with Crippen LogP contribution in [0.1, 0.15) is 6.42 Å². The van der Waals surface area contributed by atoms with E-state index in [0.717, 1.165) is 0 Å². The van der Waals surface area contributed by atoms with E-state index in [0.29, 0.717) is 0 Å². The summed E-state index contributed by atoms with van der Waals surface area (Å²) in [5.41, 5.74) is -0.00306. The molecule has 0 radical (unpaired) electrons. The fourth-order valence-corrected chi connectivity index (χ4v) is 0.917. The maximum Gasteiger partial charge on any atom is 0.419 e. The summed E-state index contributed by atoms with van der Waals surface area (Å²) in [6, 6.07) is -0.730. The molecule has 0 N–H and O–H groups in total. The smallest absolute Gasteiger partial charge is 0.150 e. The lowest BCUT2D eigenvalue weighted by molar-refractivity contribution is 0.786. The van der Waals surface area contributed by atoms with Crippen molar-refractivity contribution in [1.29, 1.82) is 0 Å². The number of allylic oxidation sites excluding steroid dienone is 1. The summed E-state index contributed by atoms with van der Waals surface area (Å²) in [6.45, 7) is 0. The molecular formula is C6H5N2O4+. The van der Waals surface area contributed by atoms with Crippen LogP contribution in [0.25, 0.3) is 0 Å². The second-order valence-electron chi connectivity index (χ2n) is 2.25. The predicted molar refractivity (Wildman–Crippen MR) is 42.9 cm³/mol. The molecule has 0 aromatic rings. The molecular weight excluding hydrogens is 164 g/mol. The Morgan fingerprint density at radius 1 is 1.50 bits per heavy atom. The predicted octanol–water partition coefficient (Wildman–Crippen LogP) is 1.68. The first-order valence-corrected chi connectivity index (χ1v) is 3.18. The molecule has 0 bridgehead atoms. The van der Waals surface area contributed by atoms with Gasteiger partial charge < -0.3 is 0 Å². The van der Waals surface area contributed by atoms with Crippen molar-refractivity contribution in [2.45, 2.75) is 12.5 Å². The summed E-state index contributed by atoms with van der Waals surface area (Å²) in [6.07, 6.45) is 2.55. The van der Waals surface area contributed by atoms with Gasteiger partial charge in [0.2, 0.25) is 4.96 Å². The molecule has 6 nitrogen and oxygen atoms in total. The Hall–Kier alpha value is -1.72. The van der Waals surface area contributed by atoms with Crippen molar-refractivity contribution in [1.82, 2.24) is 0 Å². The summed E-state index contributed by atoms with van der Waals surface area (Å²) in [4.78, 5) is 30.0. The van der Waals surface area contributed by atoms with Crippen molar-refractivity contribution in [2.75, 3.05) is 0 Å². The molecule has 1 rings (SSSR count). The first-order valence-electron chi connectivity index (χ1n) is 3.18. The molecule has 12 heavy (non-hydrogen) atoms. The summed E-state index contributed by atoms with van der Waals surface area (Å²) >= 11 is 0. The van der Waals surface area contributed by atoms with E-state index in [9.17, 15) is 14.8 Å². The molecule has 0 saturated heterocycles. The van der Waals surface area contributed by atoms with Gasteiger partial charge in [-0.1, -0.05) is 5.18 Å². The van der Waals surface area contributed by atoms with Crippen LogP contribution in [0.15, 0.2) is 34.0 Å². The summed E-state index contributed by atoms with van der Waals surface area (Å²) in [5, 5.41) is 5.22. The van der Waals surface area contributed by atoms with Crippen LogP contribution in [-0.4, -0.2) is 6.04 Å². The highest BCUT2D eigenvalue weighted by Crippen LogP contribution is 2.20. The minimum Gasteiger partial charge on any atom is -0.150 e. The van der Waals surface area contributed by atoms with E-state index in [1.807, 2.05) is 0 Å². The Morgan fingerprint density at radius 3 is 2.75 bits per heavy atom. The van der Waals surface area contributed by atoms with E-state index < -0.39 is 6.04 Å². The van der Waals surface area contributed by atoms with Crippen molar-refractivity contribution in [2.24, 2.45) is 10.4 Å². The van der Waals surface area contributed by atoms with Crippen LogP contribution in [0.3, 0.4) is 0 Å². The third-order valence-corrected chi connectivity index (χ3v) is 1.43. The lowest BCUT2D eigenvalue weighted by Gasteiger charge is -2.00. The van der Waals surface area contributed by atoms with Gasteiger partial charge in [0.05, 0.1) is 10.7 Å². The Bertz CT molecular complexity index is 281. The Labute approximate surface area is 66.8 Å². The van der Waals surface area contributed by atoms with Gasteiger partial charge in [-0.3, -0.25) is 0 Å². The fourth-order valence-electron chi connectivity index (χ4n) is 0.917. The quantitative estimate of drug-likeness (QED) is 0.475. The molecule has 0 fully saturated rings. The Balaban J connectivity index is 2.91. The zero-order valence-electron chi connectivity index (χ0n) is 5.97. The molecule has 0 heterocycles. The van der Waals surface area contributed by atoms with E-state index >= 15 is 0 Å². The minimum atomic E-state index is -0.730. The van der Waals surface area contributed by atoms with Gasteiger partial charge in [0.1, 0.15) is 18.2 Å². The molecule has 1 atom stereocenters. The number of nitrogens with zero attached hydrogens (tertiary/aromatic N) is 2. The van der Waals surface area contributed by atoms with Crippen molar-refractivity contribution in [3.8, 4) is 0 Å². The molecule has 0 spiro atoms. The molecule has 62 valence electrons. The molecule has 0 aromatic carbocycles. The molecule has 6 heteroatoms. The molecule has 1 unspecified atom stereocenters. The van der Waals surface area contributed by atoms with Crippen LogP contribution in [0, 0.1) is 19.4 Å². The summed E-state index contributed by atoms with van der Waals surface area (Å²) in [7, 11) is 0. The third-order valence-electron chi connectivity index (χ3n) is 1.43. The zero-order valence-corrected chi connectivity index (χ0v) is 5.97. The van der Waals surface area contributed by atoms with E-state index in [2.05, 4.69) is 14.9 Å². The Kier molecular flexibility index (Phi) is 2.52. The third kappa shape index (κ3) is 1.66. The second kappa shape index (κ2) is 3.61. The average molecular weight is 169 g/mol. The number of rotatable bonds is 3. The highest BCUT2D eigenvalue weighted by atomic mass is 16.8. The maximum absolute atomic E-state index is 10.1. The highest BCUT2D eigenvalue weighted by Gasteiger charge is 2.25. The van der Waals surface area contributed by atoms with Crippen LogP contribution in [0.5, 0.6) is 0 Å². The van der Waals surface area contributed by atoms with E-state index in [4.69, 9.17) is 0 Å². The molecule has 0 aliphatic heterocycles. The van der Waals surface area contributed by atoms with Gasteiger partial charge in [0.15, 0.2) is 0 Å². The fraction of sp³-hybridized carbons (Fsp3) is 0.333. The first kappa shape index (κ1) is 8.38. The van der Waals surface area contributed by atoms with Gasteiger partial charge in [-0.05, 0) is 11.3 Å². The maximum atomic E-state index is 10.1. The molecule has 1 aliphatic carbocycles. The number of hydrogen-bond acceptors (Lipinski definition) is 5. The van der Waals surface area contributed by atoms with Crippen molar-refractivity contribution >= 4 is 0 Å². The standard InChI is InChI=1S/C6H5N2O4/c9-7-4-1-5(8-10)3-6(2-4)12-11/h1-2,5H,3H2/q+1. The lowest BCUT2D eigenvalue weighted by atomic mass is 10.1. The van der Waals surface area contributed by atoms with Gasteiger partial charge in [0, 0.05) is 0 Å². The number of nitroso groups, excluding NO2 is 2. The topological polar surface area (TPSA) is 87.2 Å².